The molecule has 1 N–H and O–H groups in total. The first-order valence-electron chi connectivity index (χ1n) is 12.6. The molecule has 0 aromatic heterocycles. The van der Waals surface area contributed by atoms with Gasteiger partial charge in [-0.25, -0.2) is 12.8 Å². The van der Waals surface area contributed by atoms with Crippen molar-refractivity contribution in [3.63, 3.8) is 0 Å². The molecule has 0 aliphatic heterocycles. The number of amides is 2. The number of carbonyl (C=O) groups is 2. The van der Waals surface area contributed by atoms with Gasteiger partial charge < -0.3 is 10.2 Å². The fourth-order valence-corrected chi connectivity index (χ4v) is 5.80. The molecule has 1 unspecified atom stereocenters. The summed E-state index contributed by atoms with van der Waals surface area (Å²) >= 11 is 5.99. The predicted octanol–water partition coefficient (Wildman–Crippen LogP) is 5.31. The van der Waals surface area contributed by atoms with E-state index < -0.39 is 34.3 Å². The molecule has 1 atom stereocenters. The van der Waals surface area contributed by atoms with Gasteiger partial charge in [0.2, 0.25) is 11.8 Å². The van der Waals surface area contributed by atoms with Gasteiger partial charge in [0.05, 0.1) is 15.6 Å². The van der Waals surface area contributed by atoms with Crippen molar-refractivity contribution in [2.45, 2.75) is 57.6 Å². The minimum absolute atomic E-state index is 0.0220. The Labute approximate surface area is 234 Å². The van der Waals surface area contributed by atoms with E-state index in [0.717, 1.165) is 21.5 Å². The third-order valence-electron chi connectivity index (χ3n) is 6.05. The summed E-state index contributed by atoms with van der Waals surface area (Å²) in [6.45, 7) is 6.82. The van der Waals surface area contributed by atoms with Crippen LogP contribution < -0.4 is 9.62 Å². The molecule has 3 rings (SSSR count). The molecule has 7 nitrogen and oxygen atoms in total. The maximum absolute atomic E-state index is 14.0. The average molecular weight is 574 g/mol. The van der Waals surface area contributed by atoms with E-state index in [2.05, 4.69) is 5.32 Å². The monoisotopic (exact) mass is 573 g/mol. The summed E-state index contributed by atoms with van der Waals surface area (Å²) in [4.78, 5) is 28.5. The number of carbonyl (C=O) groups excluding carboxylic acids is 2. The van der Waals surface area contributed by atoms with E-state index >= 15 is 0 Å². The molecule has 0 aliphatic rings. The van der Waals surface area contributed by atoms with Gasteiger partial charge in [0.1, 0.15) is 18.4 Å². The highest BCUT2D eigenvalue weighted by Crippen LogP contribution is 2.28. The molecule has 0 heterocycles. The van der Waals surface area contributed by atoms with Gasteiger partial charge in [0, 0.05) is 12.6 Å². The van der Waals surface area contributed by atoms with Crippen LogP contribution in [-0.2, 0) is 26.2 Å². The lowest BCUT2D eigenvalue weighted by molar-refractivity contribution is -0.140. The van der Waals surface area contributed by atoms with Gasteiger partial charge in [0.15, 0.2) is 0 Å². The van der Waals surface area contributed by atoms with E-state index in [0.29, 0.717) is 6.42 Å². The second-order valence-electron chi connectivity index (χ2n) is 9.52. The molecule has 39 heavy (non-hydrogen) atoms. The van der Waals surface area contributed by atoms with Crippen LogP contribution >= 0.6 is 11.6 Å². The van der Waals surface area contributed by atoms with E-state index in [-0.39, 0.29) is 34.1 Å². The number of anilines is 1. The quantitative estimate of drug-likeness (QED) is 0.337. The summed E-state index contributed by atoms with van der Waals surface area (Å²) in [6.07, 6.45) is 0.309. The third kappa shape index (κ3) is 7.58. The maximum Gasteiger partial charge on any atom is 0.264 e. The van der Waals surface area contributed by atoms with Crippen LogP contribution in [-0.4, -0.2) is 43.8 Å². The van der Waals surface area contributed by atoms with Crippen LogP contribution in [0.3, 0.4) is 0 Å². The van der Waals surface area contributed by atoms with E-state index in [1.165, 1.54) is 29.2 Å². The molecule has 0 bridgehead atoms. The van der Waals surface area contributed by atoms with Gasteiger partial charge in [-0.05, 0) is 63.1 Å². The largest absolute Gasteiger partial charge is 0.352 e. The van der Waals surface area contributed by atoms with E-state index in [9.17, 15) is 22.4 Å². The maximum atomic E-state index is 14.0. The minimum Gasteiger partial charge on any atom is -0.352 e. The Morgan fingerprint density at radius 2 is 1.69 bits per heavy atom. The van der Waals surface area contributed by atoms with Gasteiger partial charge in [-0.2, -0.15) is 0 Å². The molecular formula is C29H33ClFN3O4S. The molecule has 3 aromatic carbocycles. The summed E-state index contributed by atoms with van der Waals surface area (Å²) in [5.74, 6) is -1.65. The first-order chi connectivity index (χ1) is 18.4. The molecule has 0 fully saturated rings. The van der Waals surface area contributed by atoms with Crippen LogP contribution in [0.2, 0.25) is 5.02 Å². The predicted molar refractivity (Wildman–Crippen MR) is 151 cm³/mol. The Kier molecular flexibility index (Phi) is 10.1. The number of aryl methyl sites for hydroxylation is 1. The van der Waals surface area contributed by atoms with Crippen LogP contribution in [0.5, 0.6) is 0 Å². The van der Waals surface area contributed by atoms with Gasteiger partial charge in [-0.3, -0.25) is 13.9 Å². The first kappa shape index (κ1) is 30.1. The number of hydrogen-bond donors (Lipinski definition) is 1. The number of nitrogens with one attached hydrogen (secondary N) is 1. The zero-order chi connectivity index (χ0) is 28.7. The zero-order valence-electron chi connectivity index (χ0n) is 22.4. The third-order valence-corrected chi connectivity index (χ3v) is 8.13. The Morgan fingerprint density at radius 3 is 2.28 bits per heavy atom. The highest BCUT2D eigenvalue weighted by atomic mass is 35.5. The normalized spacial score (nSPS) is 12.2. The van der Waals surface area contributed by atoms with Gasteiger partial charge in [0.25, 0.3) is 10.0 Å². The topological polar surface area (TPSA) is 86.8 Å². The molecule has 208 valence electrons. The number of hydrogen-bond acceptors (Lipinski definition) is 4. The second-order valence-corrected chi connectivity index (χ2v) is 11.8. The van der Waals surface area contributed by atoms with Gasteiger partial charge in [-0.1, -0.05) is 66.6 Å². The standard InChI is InChI=1S/C29H33ClFN3O4S/c1-5-27(29(36)32-20(2)3)33(18-22-11-9-10-21(4)16-22)28(35)19-34(23-14-15-26(31)25(30)17-23)39(37,38)24-12-7-6-8-13-24/h6-17,20,27H,5,18-19H2,1-4H3,(H,32,36). The number of halogens is 2. The van der Waals surface area contributed by atoms with E-state index in [1.807, 2.05) is 45.0 Å². The van der Waals surface area contributed by atoms with E-state index in [4.69, 9.17) is 11.6 Å². The summed E-state index contributed by atoms with van der Waals surface area (Å²) in [6, 6.07) is 17.6. The van der Waals surface area contributed by atoms with Crippen molar-refractivity contribution in [3.8, 4) is 0 Å². The molecule has 0 saturated carbocycles. The van der Waals surface area contributed by atoms with Crippen molar-refractivity contribution in [2.24, 2.45) is 0 Å². The van der Waals surface area contributed by atoms with Crippen molar-refractivity contribution in [1.29, 1.82) is 0 Å². The molecule has 10 heteroatoms. The van der Waals surface area contributed by atoms with Crippen molar-refractivity contribution < 1.29 is 22.4 Å². The van der Waals surface area contributed by atoms with Crippen molar-refractivity contribution in [3.05, 3.63) is 94.8 Å². The lowest BCUT2D eigenvalue weighted by Gasteiger charge is -2.33. The van der Waals surface area contributed by atoms with Gasteiger partial charge in [-0.15, -0.1) is 0 Å². The van der Waals surface area contributed by atoms with Crippen LogP contribution in [0.4, 0.5) is 10.1 Å². The number of nitrogens with zero attached hydrogens (tertiary/aromatic N) is 2. The summed E-state index contributed by atoms with van der Waals surface area (Å²) < 4.78 is 42.4. The highest BCUT2D eigenvalue weighted by molar-refractivity contribution is 7.92. The molecule has 0 saturated heterocycles. The average Bonchev–Trinajstić information content (AvgIpc) is 2.88. The summed E-state index contributed by atoms with van der Waals surface area (Å²) in [7, 11) is -4.26. The SMILES string of the molecule is CCC(C(=O)NC(C)C)N(Cc1cccc(C)c1)C(=O)CN(c1ccc(F)c(Cl)c1)S(=O)(=O)c1ccccc1. The smallest absolute Gasteiger partial charge is 0.264 e. The van der Waals surface area contributed by atoms with Crippen LogP contribution in [0.25, 0.3) is 0 Å². The first-order valence-corrected chi connectivity index (χ1v) is 14.4. The summed E-state index contributed by atoms with van der Waals surface area (Å²) in [5.41, 5.74) is 1.80. The fourth-order valence-electron chi connectivity index (χ4n) is 4.20. The number of sulfonamides is 1. The molecule has 3 aromatic rings. The van der Waals surface area contributed by atoms with Crippen LogP contribution in [0.15, 0.2) is 77.7 Å². The molecule has 0 aliphatic carbocycles. The van der Waals surface area contributed by atoms with Gasteiger partial charge >= 0.3 is 0 Å². The number of benzene rings is 3. The second kappa shape index (κ2) is 13.1. The lowest BCUT2D eigenvalue weighted by atomic mass is 10.1. The van der Waals surface area contributed by atoms with Crippen LogP contribution in [0.1, 0.15) is 38.3 Å². The lowest BCUT2D eigenvalue weighted by Crippen LogP contribution is -2.53. The highest BCUT2D eigenvalue weighted by Gasteiger charge is 2.34. The van der Waals surface area contributed by atoms with Crippen molar-refractivity contribution >= 4 is 39.1 Å². The Hall–Kier alpha value is -3.43. The Bertz CT molecular complexity index is 1420. The fraction of sp³-hybridized carbons (Fsp3) is 0.310. The number of rotatable bonds is 11. The minimum atomic E-state index is -4.26. The molecular weight excluding hydrogens is 541 g/mol. The van der Waals surface area contributed by atoms with Crippen molar-refractivity contribution in [2.75, 3.05) is 10.8 Å². The van der Waals surface area contributed by atoms with Crippen molar-refractivity contribution in [1.82, 2.24) is 10.2 Å². The van der Waals surface area contributed by atoms with E-state index in [1.54, 1.807) is 25.1 Å². The summed E-state index contributed by atoms with van der Waals surface area (Å²) in [5, 5.41) is 2.57. The molecule has 0 spiro atoms. The Balaban J connectivity index is 2.08. The molecule has 0 radical (unpaired) electrons. The van der Waals surface area contributed by atoms with Crippen LogP contribution in [0, 0.1) is 12.7 Å². The molecule has 2 amide bonds. The Morgan fingerprint density at radius 1 is 1.00 bits per heavy atom. The zero-order valence-corrected chi connectivity index (χ0v) is 24.0.